The van der Waals surface area contributed by atoms with Crippen molar-refractivity contribution >= 4 is 0 Å². The molecule has 3 nitrogen and oxygen atoms in total. The number of nitrogens with zero attached hydrogens (tertiary/aromatic N) is 1. The molecule has 1 rings (SSSR count). The molecule has 1 fully saturated rings. The summed E-state index contributed by atoms with van der Waals surface area (Å²) >= 11 is 0. The van der Waals surface area contributed by atoms with Crippen molar-refractivity contribution in [3.05, 3.63) is 0 Å². The van der Waals surface area contributed by atoms with E-state index in [9.17, 15) is 0 Å². The van der Waals surface area contributed by atoms with Gasteiger partial charge in [-0.3, -0.25) is 4.90 Å². The van der Waals surface area contributed by atoms with Crippen LogP contribution in [0.15, 0.2) is 0 Å². The molecule has 1 aliphatic rings. The molecule has 0 aromatic heterocycles. The summed E-state index contributed by atoms with van der Waals surface area (Å²) in [5.41, 5.74) is 0.347. The second-order valence-corrected chi connectivity index (χ2v) is 5.83. The highest BCUT2D eigenvalue weighted by atomic mass is 16.5. The first-order valence-electron chi connectivity index (χ1n) is 8.28. The maximum atomic E-state index is 5.77. The quantitative estimate of drug-likeness (QED) is 0.652. The third-order valence-corrected chi connectivity index (χ3v) is 4.79. The number of nitrogens with one attached hydrogen (secondary N) is 1. The molecular weight excluding hydrogens is 236 g/mol. The lowest BCUT2D eigenvalue weighted by Gasteiger charge is -2.49. The standard InChI is InChI=1S/C16H34N2O/c1-5-9-11-19-12-10-18-13-15(6-2)17-14-16(18,7-3)8-4/h15,17H,5-14H2,1-4H3. The fourth-order valence-corrected chi connectivity index (χ4v) is 3.04. The lowest BCUT2D eigenvalue weighted by molar-refractivity contribution is 0.00376. The predicted molar refractivity (Wildman–Crippen MR) is 82.7 cm³/mol. The Balaban J connectivity index is 2.46. The van der Waals surface area contributed by atoms with E-state index in [2.05, 4.69) is 37.9 Å². The smallest absolute Gasteiger partial charge is 0.0593 e. The summed E-state index contributed by atoms with van der Waals surface area (Å²) in [5.74, 6) is 0. The van der Waals surface area contributed by atoms with Crippen LogP contribution < -0.4 is 5.32 Å². The molecule has 0 radical (unpaired) electrons. The first-order chi connectivity index (χ1) is 9.22. The molecule has 3 heteroatoms. The van der Waals surface area contributed by atoms with Gasteiger partial charge in [-0.25, -0.2) is 0 Å². The van der Waals surface area contributed by atoms with Gasteiger partial charge in [0.2, 0.25) is 0 Å². The summed E-state index contributed by atoms with van der Waals surface area (Å²) in [5, 5.41) is 3.72. The summed E-state index contributed by atoms with van der Waals surface area (Å²) < 4.78 is 5.77. The highest BCUT2D eigenvalue weighted by Crippen LogP contribution is 2.27. The molecule has 0 amide bonds. The van der Waals surface area contributed by atoms with E-state index in [1.165, 1.54) is 38.6 Å². The van der Waals surface area contributed by atoms with Crippen LogP contribution in [0.2, 0.25) is 0 Å². The van der Waals surface area contributed by atoms with Crippen molar-refractivity contribution < 1.29 is 4.74 Å². The minimum atomic E-state index is 0.347. The average Bonchev–Trinajstić information content (AvgIpc) is 2.47. The number of piperazine rings is 1. The Bertz CT molecular complexity index is 229. The third kappa shape index (κ3) is 4.73. The molecule has 0 bridgehead atoms. The molecule has 0 saturated carbocycles. The van der Waals surface area contributed by atoms with E-state index in [4.69, 9.17) is 4.74 Å². The highest BCUT2D eigenvalue weighted by molar-refractivity contribution is 4.97. The number of rotatable bonds is 9. The van der Waals surface area contributed by atoms with Gasteiger partial charge in [0.1, 0.15) is 0 Å². The summed E-state index contributed by atoms with van der Waals surface area (Å²) in [7, 11) is 0. The molecule has 0 aromatic rings. The van der Waals surface area contributed by atoms with Gasteiger partial charge < -0.3 is 10.1 Å². The molecule has 1 saturated heterocycles. The number of hydrogen-bond acceptors (Lipinski definition) is 3. The summed E-state index contributed by atoms with van der Waals surface area (Å²) in [4.78, 5) is 2.68. The molecule has 1 atom stereocenters. The molecule has 0 spiro atoms. The van der Waals surface area contributed by atoms with Gasteiger partial charge in [-0.15, -0.1) is 0 Å². The van der Waals surface area contributed by atoms with Crippen molar-refractivity contribution in [1.29, 1.82) is 0 Å². The van der Waals surface area contributed by atoms with Crippen LogP contribution in [0, 0.1) is 0 Å². The van der Waals surface area contributed by atoms with Gasteiger partial charge in [0.15, 0.2) is 0 Å². The third-order valence-electron chi connectivity index (χ3n) is 4.79. The molecular formula is C16H34N2O. The van der Waals surface area contributed by atoms with Crippen molar-refractivity contribution in [3.8, 4) is 0 Å². The van der Waals surface area contributed by atoms with Crippen LogP contribution in [0.25, 0.3) is 0 Å². The molecule has 1 heterocycles. The number of unbranched alkanes of at least 4 members (excludes halogenated alkanes) is 1. The summed E-state index contributed by atoms with van der Waals surface area (Å²) in [6, 6.07) is 0.655. The molecule has 0 aromatic carbocycles. The first-order valence-corrected chi connectivity index (χ1v) is 8.28. The van der Waals surface area contributed by atoms with E-state index in [1.807, 2.05) is 0 Å². The van der Waals surface area contributed by atoms with Gasteiger partial charge in [0.25, 0.3) is 0 Å². The molecule has 1 aliphatic heterocycles. The van der Waals surface area contributed by atoms with E-state index in [1.54, 1.807) is 0 Å². The van der Waals surface area contributed by atoms with Crippen molar-refractivity contribution in [2.24, 2.45) is 0 Å². The van der Waals surface area contributed by atoms with Gasteiger partial charge in [0.05, 0.1) is 6.61 Å². The Morgan fingerprint density at radius 1 is 1.16 bits per heavy atom. The molecule has 0 aliphatic carbocycles. The van der Waals surface area contributed by atoms with E-state index in [-0.39, 0.29) is 0 Å². The fraction of sp³-hybridized carbons (Fsp3) is 1.00. The van der Waals surface area contributed by atoms with E-state index in [0.29, 0.717) is 11.6 Å². The van der Waals surface area contributed by atoms with Crippen LogP contribution in [-0.4, -0.2) is 49.3 Å². The zero-order valence-corrected chi connectivity index (χ0v) is 13.5. The minimum Gasteiger partial charge on any atom is -0.380 e. The van der Waals surface area contributed by atoms with Crippen molar-refractivity contribution in [2.75, 3.05) is 32.8 Å². The van der Waals surface area contributed by atoms with Crippen LogP contribution in [-0.2, 0) is 4.74 Å². The monoisotopic (exact) mass is 270 g/mol. The maximum absolute atomic E-state index is 5.77. The van der Waals surface area contributed by atoms with Crippen molar-refractivity contribution in [1.82, 2.24) is 10.2 Å². The Hall–Kier alpha value is -0.120. The normalized spacial score (nSPS) is 23.7. The molecule has 114 valence electrons. The van der Waals surface area contributed by atoms with Crippen molar-refractivity contribution in [2.45, 2.75) is 71.4 Å². The second-order valence-electron chi connectivity index (χ2n) is 5.83. The zero-order chi connectivity index (χ0) is 14.1. The van der Waals surface area contributed by atoms with Gasteiger partial charge in [0, 0.05) is 37.8 Å². The van der Waals surface area contributed by atoms with E-state index in [0.717, 1.165) is 26.3 Å². The number of ether oxygens (including phenoxy) is 1. The van der Waals surface area contributed by atoms with Gasteiger partial charge in [-0.2, -0.15) is 0 Å². The molecule has 1 unspecified atom stereocenters. The van der Waals surface area contributed by atoms with Crippen LogP contribution in [0.1, 0.15) is 59.8 Å². The van der Waals surface area contributed by atoms with E-state index < -0.39 is 0 Å². The van der Waals surface area contributed by atoms with Crippen LogP contribution in [0.4, 0.5) is 0 Å². The summed E-state index contributed by atoms with van der Waals surface area (Å²) in [6.07, 6.45) is 6.08. The largest absolute Gasteiger partial charge is 0.380 e. The lowest BCUT2D eigenvalue weighted by Crippen LogP contribution is -2.64. The maximum Gasteiger partial charge on any atom is 0.0593 e. The van der Waals surface area contributed by atoms with E-state index >= 15 is 0 Å². The fourth-order valence-electron chi connectivity index (χ4n) is 3.04. The summed E-state index contributed by atoms with van der Waals surface area (Å²) in [6.45, 7) is 14.3. The molecule has 19 heavy (non-hydrogen) atoms. The van der Waals surface area contributed by atoms with Crippen LogP contribution in [0.3, 0.4) is 0 Å². The topological polar surface area (TPSA) is 24.5 Å². The average molecular weight is 270 g/mol. The number of hydrogen-bond donors (Lipinski definition) is 1. The first kappa shape index (κ1) is 16.9. The SMILES string of the molecule is CCCCOCCN1CC(CC)NCC1(CC)CC. The molecule has 1 N–H and O–H groups in total. The lowest BCUT2D eigenvalue weighted by atomic mass is 9.87. The Kier molecular flexibility index (Phi) is 7.96. The van der Waals surface area contributed by atoms with Gasteiger partial charge in [-0.05, 0) is 25.7 Å². The Morgan fingerprint density at radius 2 is 1.89 bits per heavy atom. The van der Waals surface area contributed by atoms with Crippen LogP contribution in [0.5, 0.6) is 0 Å². The van der Waals surface area contributed by atoms with Crippen molar-refractivity contribution in [3.63, 3.8) is 0 Å². The predicted octanol–water partition coefficient (Wildman–Crippen LogP) is 3.05. The highest BCUT2D eigenvalue weighted by Gasteiger charge is 2.37. The van der Waals surface area contributed by atoms with Gasteiger partial charge in [-0.1, -0.05) is 34.1 Å². The Labute approximate surface area is 120 Å². The van der Waals surface area contributed by atoms with Gasteiger partial charge >= 0.3 is 0 Å². The second kappa shape index (κ2) is 8.93. The zero-order valence-electron chi connectivity index (χ0n) is 13.5. The Morgan fingerprint density at radius 3 is 2.47 bits per heavy atom. The minimum absolute atomic E-state index is 0.347. The van der Waals surface area contributed by atoms with Crippen LogP contribution >= 0.6 is 0 Å².